The van der Waals surface area contributed by atoms with Crippen LogP contribution in [0.15, 0.2) is 30.3 Å². The third-order valence-electron chi connectivity index (χ3n) is 3.20. The smallest absolute Gasteiger partial charge is 0.145 e. The Bertz CT molecular complexity index is 612. The van der Waals surface area contributed by atoms with E-state index in [4.69, 9.17) is 10.6 Å². The quantitative estimate of drug-likeness (QED) is 0.572. The van der Waals surface area contributed by atoms with Gasteiger partial charge in [0.25, 0.3) is 0 Å². The Labute approximate surface area is 117 Å². The van der Waals surface area contributed by atoms with Gasteiger partial charge in [-0.2, -0.15) is 0 Å². The summed E-state index contributed by atoms with van der Waals surface area (Å²) in [6.07, 6.45) is 2.28. The lowest BCUT2D eigenvalue weighted by Crippen LogP contribution is -2.11. The highest BCUT2D eigenvalue weighted by Gasteiger charge is 2.27. The molecule has 4 N–H and O–H groups in total. The van der Waals surface area contributed by atoms with Crippen molar-refractivity contribution in [3.8, 4) is 5.75 Å². The molecule has 0 spiro atoms. The molecular formula is C14H17N5O. The maximum absolute atomic E-state index is 5.46. The zero-order valence-corrected chi connectivity index (χ0v) is 11.3. The number of benzene rings is 1. The van der Waals surface area contributed by atoms with Crippen LogP contribution in [0.4, 0.5) is 17.3 Å². The number of ether oxygens (including phenoxy) is 1. The third kappa shape index (κ3) is 2.65. The summed E-state index contributed by atoms with van der Waals surface area (Å²) in [5.41, 5.74) is 3.44. The number of nitrogen functional groups attached to an aromatic ring is 1. The first kappa shape index (κ1) is 12.7. The summed E-state index contributed by atoms with van der Waals surface area (Å²) in [6, 6.07) is 9.47. The number of nitrogens with one attached hydrogen (secondary N) is 2. The number of hydrazine groups is 1. The van der Waals surface area contributed by atoms with Gasteiger partial charge in [0.15, 0.2) is 0 Å². The molecule has 0 aliphatic heterocycles. The molecule has 2 aromatic rings. The summed E-state index contributed by atoms with van der Waals surface area (Å²) >= 11 is 0. The lowest BCUT2D eigenvalue weighted by Gasteiger charge is -2.12. The molecule has 0 radical (unpaired) electrons. The average Bonchev–Trinajstić information content (AvgIpc) is 3.32. The number of nitrogens with two attached hydrogens (primary N) is 1. The van der Waals surface area contributed by atoms with Crippen LogP contribution >= 0.6 is 0 Å². The van der Waals surface area contributed by atoms with Crippen LogP contribution in [-0.4, -0.2) is 17.1 Å². The van der Waals surface area contributed by atoms with E-state index in [1.807, 2.05) is 24.3 Å². The molecule has 6 heteroatoms. The molecule has 1 saturated carbocycles. The van der Waals surface area contributed by atoms with Crippen molar-refractivity contribution in [1.82, 2.24) is 9.97 Å². The average molecular weight is 271 g/mol. The van der Waals surface area contributed by atoms with Gasteiger partial charge in [-0.05, 0) is 25.0 Å². The molecule has 0 atom stereocenters. The van der Waals surface area contributed by atoms with Crippen molar-refractivity contribution in [2.24, 2.45) is 5.84 Å². The topological polar surface area (TPSA) is 85.1 Å². The first-order valence-corrected chi connectivity index (χ1v) is 6.56. The summed E-state index contributed by atoms with van der Waals surface area (Å²) in [4.78, 5) is 8.92. The van der Waals surface area contributed by atoms with Gasteiger partial charge in [-0.15, -0.1) is 0 Å². The third-order valence-corrected chi connectivity index (χ3v) is 3.20. The van der Waals surface area contributed by atoms with Gasteiger partial charge >= 0.3 is 0 Å². The Morgan fingerprint density at radius 1 is 1.20 bits per heavy atom. The van der Waals surface area contributed by atoms with Crippen molar-refractivity contribution in [1.29, 1.82) is 0 Å². The van der Waals surface area contributed by atoms with Gasteiger partial charge in [0.1, 0.15) is 23.2 Å². The molecule has 1 fully saturated rings. The Kier molecular flexibility index (Phi) is 3.39. The normalized spacial score (nSPS) is 13.9. The molecule has 1 aliphatic rings. The molecule has 1 heterocycles. The molecule has 20 heavy (non-hydrogen) atoms. The molecule has 0 saturated heterocycles. The SMILES string of the molecule is COc1ccccc1Nc1cc(NN)nc(C2CC2)n1. The molecule has 6 nitrogen and oxygen atoms in total. The van der Waals surface area contributed by atoms with Gasteiger partial charge in [-0.25, -0.2) is 15.8 Å². The van der Waals surface area contributed by atoms with Crippen LogP contribution in [0.2, 0.25) is 0 Å². The number of anilines is 3. The maximum atomic E-state index is 5.46. The highest BCUT2D eigenvalue weighted by atomic mass is 16.5. The van der Waals surface area contributed by atoms with Crippen LogP contribution in [0.25, 0.3) is 0 Å². The zero-order chi connectivity index (χ0) is 13.9. The highest BCUT2D eigenvalue weighted by Crippen LogP contribution is 2.39. The fourth-order valence-electron chi connectivity index (χ4n) is 2.01. The van der Waals surface area contributed by atoms with E-state index >= 15 is 0 Å². The Hall–Kier alpha value is -2.34. The van der Waals surface area contributed by atoms with E-state index in [0.29, 0.717) is 17.6 Å². The predicted octanol–water partition coefficient (Wildman–Crippen LogP) is 2.39. The minimum absolute atomic E-state index is 0.460. The van der Waals surface area contributed by atoms with Gasteiger partial charge in [0.05, 0.1) is 12.8 Å². The summed E-state index contributed by atoms with van der Waals surface area (Å²) in [7, 11) is 1.64. The number of nitrogens with zero attached hydrogens (tertiary/aromatic N) is 2. The van der Waals surface area contributed by atoms with Gasteiger partial charge in [0.2, 0.25) is 0 Å². The molecule has 1 aromatic carbocycles. The molecule has 0 amide bonds. The van der Waals surface area contributed by atoms with E-state index in [0.717, 1.165) is 30.1 Å². The number of aromatic nitrogens is 2. The molecule has 1 aliphatic carbocycles. The number of methoxy groups -OCH3 is 1. The Morgan fingerprint density at radius 3 is 2.65 bits per heavy atom. The van der Waals surface area contributed by atoms with Crippen LogP contribution in [0.1, 0.15) is 24.6 Å². The molecule has 1 aromatic heterocycles. The van der Waals surface area contributed by atoms with Crippen molar-refractivity contribution in [3.05, 3.63) is 36.2 Å². The summed E-state index contributed by atoms with van der Waals surface area (Å²) in [5.74, 6) is 8.84. The standard InChI is InChI=1S/C14H17N5O/c1-20-11-5-3-2-4-10(11)16-12-8-13(19-15)18-14(17-12)9-6-7-9/h2-5,8-9H,6-7,15H2,1H3,(H2,16,17,18,19). The van der Waals surface area contributed by atoms with E-state index in [1.165, 1.54) is 0 Å². The summed E-state index contributed by atoms with van der Waals surface area (Å²) in [6.45, 7) is 0. The van der Waals surface area contributed by atoms with Crippen molar-refractivity contribution >= 4 is 17.3 Å². The van der Waals surface area contributed by atoms with Gasteiger partial charge in [-0.1, -0.05) is 12.1 Å². The van der Waals surface area contributed by atoms with Gasteiger partial charge in [-0.3, -0.25) is 0 Å². The van der Waals surface area contributed by atoms with Crippen molar-refractivity contribution in [3.63, 3.8) is 0 Å². The molecular weight excluding hydrogens is 254 g/mol. The number of rotatable bonds is 5. The number of hydrogen-bond acceptors (Lipinski definition) is 6. The van der Waals surface area contributed by atoms with Crippen LogP contribution in [0.3, 0.4) is 0 Å². The van der Waals surface area contributed by atoms with Gasteiger partial charge < -0.3 is 15.5 Å². The van der Waals surface area contributed by atoms with Crippen molar-refractivity contribution < 1.29 is 4.74 Å². The monoisotopic (exact) mass is 271 g/mol. The highest BCUT2D eigenvalue weighted by molar-refractivity contribution is 5.65. The second kappa shape index (κ2) is 5.34. The largest absolute Gasteiger partial charge is 0.495 e. The van der Waals surface area contributed by atoms with E-state index in [2.05, 4.69) is 20.7 Å². The predicted molar refractivity (Wildman–Crippen MR) is 78.1 cm³/mol. The summed E-state index contributed by atoms with van der Waals surface area (Å²) in [5, 5.41) is 3.25. The summed E-state index contributed by atoms with van der Waals surface area (Å²) < 4.78 is 5.32. The molecule has 3 rings (SSSR count). The molecule has 0 bridgehead atoms. The number of para-hydroxylation sites is 2. The minimum atomic E-state index is 0.460. The van der Waals surface area contributed by atoms with E-state index in [-0.39, 0.29) is 0 Å². The lowest BCUT2D eigenvalue weighted by molar-refractivity contribution is 0.417. The zero-order valence-electron chi connectivity index (χ0n) is 11.3. The van der Waals surface area contributed by atoms with E-state index in [9.17, 15) is 0 Å². The Morgan fingerprint density at radius 2 is 1.95 bits per heavy atom. The number of hydrogen-bond donors (Lipinski definition) is 3. The first-order valence-electron chi connectivity index (χ1n) is 6.56. The second-order valence-electron chi connectivity index (χ2n) is 4.74. The van der Waals surface area contributed by atoms with Crippen molar-refractivity contribution in [2.75, 3.05) is 17.9 Å². The lowest BCUT2D eigenvalue weighted by atomic mass is 10.3. The van der Waals surface area contributed by atoms with Crippen LogP contribution in [0.5, 0.6) is 5.75 Å². The Balaban J connectivity index is 1.91. The molecule has 104 valence electrons. The van der Waals surface area contributed by atoms with E-state index in [1.54, 1.807) is 13.2 Å². The van der Waals surface area contributed by atoms with Gasteiger partial charge in [0, 0.05) is 12.0 Å². The van der Waals surface area contributed by atoms with Crippen LogP contribution in [0, 0.1) is 0 Å². The molecule has 0 unspecified atom stereocenters. The maximum Gasteiger partial charge on any atom is 0.145 e. The van der Waals surface area contributed by atoms with E-state index < -0.39 is 0 Å². The van der Waals surface area contributed by atoms with Crippen LogP contribution < -0.4 is 21.3 Å². The van der Waals surface area contributed by atoms with Crippen molar-refractivity contribution in [2.45, 2.75) is 18.8 Å². The fourth-order valence-corrected chi connectivity index (χ4v) is 2.01. The first-order chi connectivity index (χ1) is 9.80. The van der Waals surface area contributed by atoms with Crippen LogP contribution in [-0.2, 0) is 0 Å². The second-order valence-corrected chi connectivity index (χ2v) is 4.74. The minimum Gasteiger partial charge on any atom is -0.495 e. The fraction of sp³-hybridized carbons (Fsp3) is 0.286.